The van der Waals surface area contributed by atoms with E-state index in [0.29, 0.717) is 0 Å². The van der Waals surface area contributed by atoms with Gasteiger partial charge in [0.1, 0.15) is 5.60 Å². The van der Waals surface area contributed by atoms with Gasteiger partial charge < -0.3 is 9.47 Å². The second kappa shape index (κ2) is 5.17. The Bertz CT molecular complexity index is 396. The number of rotatable bonds is 3. The summed E-state index contributed by atoms with van der Waals surface area (Å²) < 4.78 is 23.6. The van der Waals surface area contributed by atoms with Gasteiger partial charge in [0.05, 0.1) is 0 Å². The lowest BCUT2D eigenvalue weighted by Crippen LogP contribution is -2.33. The van der Waals surface area contributed by atoms with E-state index in [-0.39, 0.29) is 5.75 Å². The molecular weight excluding hydrogens is 223 g/mol. The molecule has 17 heavy (non-hydrogen) atoms. The van der Waals surface area contributed by atoms with Crippen LogP contribution in [0.15, 0.2) is 24.3 Å². The Morgan fingerprint density at radius 3 is 2.41 bits per heavy atom. The number of carbonyl (C=O) groups is 1. The smallest absolute Gasteiger partial charge is 0.347 e. The highest BCUT2D eigenvalue weighted by Gasteiger charge is 2.23. The van der Waals surface area contributed by atoms with E-state index < -0.39 is 23.5 Å². The van der Waals surface area contributed by atoms with Gasteiger partial charge in [-0.25, -0.2) is 9.18 Å². The lowest BCUT2D eigenvalue weighted by molar-refractivity contribution is -0.162. The van der Waals surface area contributed by atoms with Crippen LogP contribution in [0.2, 0.25) is 0 Å². The van der Waals surface area contributed by atoms with Gasteiger partial charge in [0.2, 0.25) is 0 Å². The Kier molecular flexibility index (Phi) is 4.10. The molecule has 0 radical (unpaired) electrons. The molecule has 0 N–H and O–H groups in total. The molecule has 0 amide bonds. The summed E-state index contributed by atoms with van der Waals surface area (Å²) in [6.45, 7) is 6.82. The van der Waals surface area contributed by atoms with Gasteiger partial charge in [-0.1, -0.05) is 12.1 Å². The predicted octanol–water partition coefficient (Wildman–Crippen LogP) is 2.93. The van der Waals surface area contributed by atoms with Crippen molar-refractivity contribution in [3.05, 3.63) is 30.1 Å². The molecule has 0 aliphatic heterocycles. The average molecular weight is 240 g/mol. The Morgan fingerprint density at radius 2 is 1.88 bits per heavy atom. The summed E-state index contributed by atoms with van der Waals surface area (Å²) in [5, 5.41) is 0. The second-order valence-electron chi connectivity index (χ2n) is 4.72. The molecule has 3 nitrogen and oxygen atoms in total. The molecule has 1 atom stereocenters. The van der Waals surface area contributed by atoms with Gasteiger partial charge in [-0.2, -0.15) is 0 Å². The van der Waals surface area contributed by atoms with Crippen molar-refractivity contribution in [1.29, 1.82) is 0 Å². The van der Waals surface area contributed by atoms with E-state index in [1.54, 1.807) is 32.9 Å². The third kappa shape index (κ3) is 4.43. The monoisotopic (exact) mass is 240 g/mol. The fourth-order valence-corrected chi connectivity index (χ4v) is 1.16. The molecule has 0 aromatic heterocycles. The minimum Gasteiger partial charge on any atom is -0.476 e. The third-order valence-corrected chi connectivity index (χ3v) is 1.88. The summed E-state index contributed by atoms with van der Waals surface area (Å²) in [6.07, 6.45) is -0.842. The van der Waals surface area contributed by atoms with Crippen LogP contribution in [-0.2, 0) is 9.53 Å². The fraction of sp³-hybridized carbons (Fsp3) is 0.462. The number of hydrogen-bond acceptors (Lipinski definition) is 3. The van der Waals surface area contributed by atoms with Gasteiger partial charge in [-0.05, 0) is 39.8 Å². The van der Waals surface area contributed by atoms with Crippen molar-refractivity contribution in [3.63, 3.8) is 0 Å². The Morgan fingerprint density at radius 1 is 1.29 bits per heavy atom. The minimum atomic E-state index is -0.842. The molecule has 0 bridgehead atoms. The number of para-hydroxylation sites is 1. The first-order chi connectivity index (χ1) is 7.79. The molecule has 0 heterocycles. The van der Waals surface area contributed by atoms with Crippen LogP contribution in [-0.4, -0.2) is 17.7 Å². The number of halogens is 1. The number of hydrogen-bond donors (Lipinski definition) is 0. The molecule has 0 saturated carbocycles. The van der Waals surface area contributed by atoms with Crippen LogP contribution in [0.3, 0.4) is 0 Å². The van der Waals surface area contributed by atoms with Gasteiger partial charge in [-0.3, -0.25) is 0 Å². The normalized spacial score (nSPS) is 13.0. The van der Waals surface area contributed by atoms with Crippen molar-refractivity contribution in [2.24, 2.45) is 0 Å². The third-order valence-electron chi connectivity index (χ3n) is 1.88. The van der Waals surface area contributed by atoms with E-state index in [1.807, 2.05) is 0 Å². The predicted molar refractivity (Wildman–Crippen MR) is 62.3 cm³/mol. The molecule has 0 saturated heterocycles. The first-order valence-electron chi connectivity index (χ1n) is 5.43. The standard InChI is InChI=1S/C13H17FO3/c1-9(12(15)17-13(2,3)4)16-11-8-6-5-7-10(11)14/h5-9H,1-4H3. The molecule has 94 valence electrons. The van der Waals surface area contributed by atoms with Crippen LogP contribution in [0.25, 0.3) is 0 Å². The number of benzene rings is 1. The van der Waals surface area contributed by atoms with Crippen LogP contribution < -0.4 is 4.74 Å². The van der Waals surface area contributed by atoms with Crippen LogP contribution in [0.4, 0.5) is 4.39 Å². The Labute approximate surface area is 101 Å². The molecule has 0 aliphatic rings. The van der Waals surface area contributed by atoms with E-state index in [2.05, 4.69) is 0 Å². The zero-order valence-electron chi connectivity index (χ0n) is 10.5. The zero-order valence-corrected chi connectivity index (χ0v) is 10.5. The van der Waals surface area contributed by atoms with E-state index in [0.717, 1.165) is 0 Å². The van der Waals surface area contributed by atoms with Gasteiger partial charge in [-0.15, -0.1) is 0 Å². The summed E-state index contributed by atoms with van der Waals surface area (Å²) in [5.74, 6) is -0.963. The maximum atomic E-state index is 13.3. The molecule has 1 rings (SSSR count). The largest absolute Gasteiger partial charge is 0.476 e. The van der Waals surface area contributed by atoms with Crippen molar-refractivity contribution in [3.8, 4) is 5.75 Å². The SMILES string of the molecule is CC(Oc1ccccc1F)C(=O)OC(C)(C)C. The van der Waals surface area contributed by atoms with E-state index in [9.17, 15) is 9.18 Å². The van der Waals surface area contributed by atoms with Crippen LogP contribution in [0, 0.1) is 5.82 Å². The number of carbonyl (C=O) groups excluding carboxylic acids is 1. The highest BCUT2D eigenvalue weighted by molar-refractivity contribution is 5.75. The topological polar surface area (TPSA) is 35.5 Å². The van der Waals surface area contributed by atoms with Crippen molar-refractivity contribution in [1.82, 2.24) is 0 Å². The quantitative estimate of drug-likeness (QED) is 0.762. The molecule has 0 spiro atoms. The van der Waals surface area contributed by atoms with Crippen molar-refractivity contribution < 1.29 is 18.7 Å². The highest BCUT2D eigenvalue weighted by Crippen LogP contribution is 2.18. The Hall–Kier alpha value is -1.58. The average Bonchev–Trinajstić information content (AvgIpc) is 2.18. The lowest BCUT2D eigenvalue weighted by Gasteiger charge is -2.22. The first-order valence-corrected chi connectivity index (χ1v) is 5.43. The zero-order chi connectivity index (χ0) is 13.1. The summed E-state index contributed by atoms with van der Waals surface area (Å²) in [4.78, 5) is 11.6. The highest BCUT2D eigenvalue weighted by atomic mass is 19.1. The molecule has 1 aromatic rings. The van der Waals surface area contributed by atoms with E-state index in [1.165, 1.54) is 19.1 Å². The van der Waals surface area contributed by atoms with Crippen LogP contribution >= 0.6 is 0 Å². The molecular formula is C13H17FO3. The van der Waals surface area contributed by atoms with Crippen molar-refractivity contribution in [2.45, 2.75) is 39.4 Å². The maximum absolute atomic E-state index is 13.3. The van der Waals surface area contributed by atoms with Gasteiger partial charge in [0.15, 0.2) is 17.7 Å². The number of ether oxygens (including phenoxy) is 2. The van der Waals surface area contributed by atoms with Gasteiger partial charge >= 0.3 is 5.97 Å². The summed E-state index contributed by atoms with van der Waals surface area (Å²) in [5.41, 5.74) is -0.579. The van der Waals surface area contributed by atoms with Crippen molar-refractivity contribution >= 4 is 5.97 Å². The second-order valence-corrected chi connectivity index (χ2v) is 4.72. The van der Waals surface area contributed by atoms with Crippen LogP contribution in [0.1, 0.15) is 27.7 Å². The summed E-state index contributed by atoms with van der Waals surface area (Å²) in [6, 6.07) is 5.94. The Balaban J connectivity index is 2.64. The minimum absolute atomic E-state index is 0.0471. The van der Waals surface area contributed by atoms with Crippen LogP contribution in [0.5, 0.6) is 5.75 Å². The van der Waals surface area contributed by atoms with Crippen molar-refractivity contribution in [2.75, 3.05) is 0 Å². The maximum Gasteiger partial charge on any atom is 0.347 e. The molecule has 4 heteroatoms. The first kappa shape index (κ1) is 13.5. The van der Waals surface area contributed by atoms with Gasteiger partial charge in [0.25, 0.3) is 0 Å². The van der Waals surface area contributed by atoms with E-state index in [4.69, 9.17) is 9.47 Å². The molecule has 1 unspecified atom stereocenters. The lowest BCUT2D eigenvalue weighted by atomic mass is 10.2. The van der Waals surface area contributed by atoms with Gasteiger partial charge in [0, 0.05) is 0 Å². The van der Waals surface area contributed by atoms with E-state index >= 15 is 0 Å². The fourth-order valence-electron chi connectivity index (χ4n) is 1.16. The molecule has 0 aliphatic carbocycles. The number of esters is 1. The molecule has 0 fully saturated rings. The summed E-state index contributed by atoms with van der Waals surface area (Å²) in [7, 11) is 0. The molecule has 1 aromatic carbocycles. The summed E-state index contributed by atoms with van der Waals surface area (Å²) >= 11 is 0.